The molecule has 0 radical (unpaired) electrons. The summed E-state index contributed by atoms with van der Waals surface area (Å²) in [6.45, 7) is 6.50. The van der Waals surface area contributed by atoms with E-state index in [0.717, 1.165) is 32.1 Å². The molecular weight excluding hydrogens is 560 g/mol. The van der Waals surface area contributed by atoms with Crippen molar-refractivity contribution in [1.29, 1.82) is 0 Å². The maximum Gasteiger partial charge on any atom is 0.251 e. The maximum absolute atomic E-state index is 14.1. The summed E-state index contributed by atoms with van der Waals surface area (Å²) in [5.41, 5.74) is 5.17. The molecule has 42 heavy (non-hydrogen) atoms. The van der Waals surface area contributed by atoms with Crippen molar-refractivity contribution in [2.24, 2.45) is 11.7 Å². The molecule has 3 amide bonds. The Balaban J connectivity index is 1.59. The number of hydrogen-bond donors (Lipinski definition) is 3. The summed E-state index contributed by atoms with van der Waals surface area (Å²) in [6, 6.07) is 3.39. The summed E-state index contributed by atoms with van der Waals surface area (Å²) in [6.07, 6.45) is 7.17. The van der Waals surface area contributed by atoms with Crippen LogP contribution in [0.4, 0.5) is 0 Å². The Hall–Kier alpha value is -3.32. The Morgan fingerprint density at radius 1 is 1.12 bits per heavy atom. The number of sulfone groups is 1. The second-order valence-electron chi connectivity index (χ2n) is 12.3. The highest BCUT2D eigenvalue weighted by atomic mass is 32.2. The first-order valence-electron chi connectivity index (χ1n) is 14.6. The molecule has 12 nitrogen and oxygen atoms in total. The van der Waals surface area contributed by atoms with E-state index in [1.165, 1.54) is 40.0 Å². The van der Waals surface area contributed by atoms with Crippen LogP contribution in [0, 0.1) is 5.92 Å². The number of nitrogens with zero attached hydrogens (tertiary/aromatic N) is 4. The Morgan fingerprint density at radius 2 is 1.76 bits per heavy atom. The lowest BCUT2D eigenvalue weighted by Crippen LogP contribution is -2.53. The minimum atomic E-state index is -3.50. The largest absolute Gasteiger partial charge is 0.384 e. The fraction of sp³-hybridized carbons (Fsp3) is 0.621. The van der Waals surface area contributed by atoms with Crippen LogP contribution in [0.5, 0.6) is 0 Å². The summed E-state index contributed by atoms with van der Waals surface area (Å²) < 4.78 is 26.6. The molecule has 2 fully saturated rings. The molecule has 13 heteroatoms. The Morgan fingerprint density at radius 3 is 2.33 bits per heavy atom. The second-order valence-corrected chi connectivity index (χ2v) is 14.8. The molecule has 1 aromatic heterocycles. The monoisotopic (exact) mass is 602 g/mol. The van der Waals surface area contributed by atoms with Gasteiger partial charge in [0.2, 0.25) is 11.8 Å². The van der Waals surface area contributed by atoms with Crippen molar-refractivity contribution in [2.45, 2.75) is 107 Å². The standard InChI is InChI=1S/C29H42N6O6S/c1-18(2)42(40,41)22-12-10-20(11-13-22)27(37)32-23(14-19-8-6-5-7-9-19)28(38)34-17-21(15-24(34)26(30)36)35-25(16-31-33-35)29(3,4)39/h10-13,16,18-19,21,23-24,39H,5-9,14-15,17H2,1-4H3,(H2,30,36)(H,32,37)/t21?,23-,24?/m1/s1. The molecule has 1 aliphatic carbocycles. The zero-order valence-electron chi connectivity index (χ0n) is 24.7. The van der Waals surface area contributed by atoms with Crippen LogP contribution in [0.25, 0.3) is 0 Å². The van der Waals surface area contributed by atoms with Crippen molar-refractivity contribution in [3.63, 3.8) is 0 Å². The van der Waals surface area contributed by atoms with E-state index in [0.29, 0.717) is 12.1 Å². The molecule has 1 saturated heterocycles. The molecule has 1 saturated carbocycles. The number of carbonyl (C=O) groups is 3. The van der Waals surface area contributed by atoms with E-state index in [-0.39, 0.29) is 29.3 Å². The highest BCUT2D eigenvalue weighted by Crippen LogP contribution is 2.33. The molecule has 3 atom stereocenters. The van der Waals surface area contributed by atoms with E-state index in [1.54, 1.807) is 27.7 Å². The number of aliphatic hydroxyl groups is 1. The summed E-state index contributed by atoms with van der Waals surface area (Å²) >= 11 is 0. The number of hydrogen-bond acceptors (Lipinski definition) is 8. The van der Waals surface area contributed by atoms with E-state index in [4.69, 9.17) is 5.73 Å². The highest BCUT2D eigenvalue weighted by Gasteiger charge is 2.44. The number of primary amides is 1. The van der Waals surface area contributed by atoms with Gasteiger partial charge in [-0.05, 0) is 64.3 Å². The van der Waals surface area contributed by atoms with Crippen LogP contribution < -0.4 is 11.1 Å². The second kappa shape index (κ2) is 12.5. The molecule has 2 unspecified atom stereocenters. The fourth-order valence-corrected chi connectivity index (χ4v) is 7.00. The van der Waals surface area contributed by atoms with Gasteiger partial charge in [-0.1, -0.05) is 37.3 Å². The molecule has 1 aliphatic heterocycles. The van der Waals surface area contributed by atoms with E-state index in [2.05, 4.69) is 15.6 Å². The predicted octanol–water partition coefficient (Wildman–Crippen LogP) is 2.08. The number of amides is 3. The van der Waals surface area contributed by atoms with Crippen LogP contribution in [0.1, 0.15) is 94.7 Å². The molecule has 1 aromatic carbocycles. The average molecular weight is 603 g/mol. The smallest absolute Gasteiger partial charge is 0.251 e. The summed E-state index contributed by atoms with van der Waals surface area (Å²) in [5, 5.41) is 20.9. The third-order valence-corrected chi connectivity index (χ3v) is 10.6. The van der Waals surface area contributed by atoms with Crippen molar-refractivity contribution in [3.8, 4) is 0 Å². The van der Waals surface area contributed by atoms with Gasteiger partial charge in [-0.3, -0.25) is 14.4 Å². The Kier molecular flexibility index (Phi) is 9.41. The topological polar surface area (TPSA) is 178 Å². The van der Waals surface area contributed by atoms with Gasteiger partial charge in [0, 0.05) is 18.5 Å². The molecule has 2 aliphatic rings. The van der Waals surface area contributed by atoms with Crippen molar-refractivity contribution in [2.75, 3.05) is 6.54 Å². The number of likely N-dealkylation sites (tertiary alicyclic amines) is 1. The van der Waals surface area contributed by atoms with E-state index in [1.807, 2.05) is 0 Å². The lowest BCUT2D eigenvalue weighted by molar-refractivity contribution is -0.139. The van der Waals surface area contributed by atoms with Crippen LogP contribution in [0.15, 0.2) is 35.4 Å². The molecule has 2 heterocycles. The van der Waals surface area contributed by atoms with Crippen LogP contribution in [0.2, 0.25) is 0 Å². The average Bonchev–Trinajstić information content (AvgIpc) is 3.61. The van der Waals surface area contributed by atoms with Gasteiger partial charge >= 0.3 is 0 Å². The van der Waals surface area contributed by atoms with Crippen LogP contribution in [-0.4, -0.2) is 75.0 Å². The van der Waals surface area contributed by atoms with Crippen LogP contribution in [0.3, 0.4) is 0 Å². The van der Waals surface area contributed by atoms with E-state index in [9.17, 15) is 27.9 Å². The van der Waals surface area contributed by atoms with Crippen molar-refractivity contribution in [3.05, 3.63) is 41.7 Å². The van der Waals surface area contributed by atoms with Crippen molar-refractivity contribution >= 4 is 27.6 Å². The van der Waals surface area contributed by atoms with Crippen LogP contribution >= 0.6 is 0 Å². The van der Waals surface area contributed by atoms with Gasteiger partial charge in [-0.15, -0.1) is 5.10 Å². The first kappa shape index (κ1) is 31.6. The molecular formula is C29H42N6O6S. The SMILES string of the molecule is CC(C)S(=O)(=O)c1ccc(C(=O)N[C@H](CC2CCCCC2)C(=O)N2CC(n3nncc3C(C)(C)O)CC2C(N)=O)cc1. The number of nitrogens with two attached hydrogens (primary N) is 1. The summed E-state index contributed by atoms with van der Waals surface area (Å²) in [7, 11) is -3.50. The van der Waals surface area contributed by atoms with Gasteiger partial charge in [-0.25, -0.2) is 13.1 Å². The van der Waals surface area contributed by atoms with Gasteiger partial charge in [0.1, 0.15) is 17.7 Å². The fourth-order valence-electron chi connectivity index (χ4n) is 5.94. The molecule has 0 spiro atoms. The van der Waals surface area contributed by atoms with E-state index < -0.39 is 56.5 Å². The van der Waals surface area contributed by atoms with Crippen molar-refractivity contribution in [1.82, 2.24) is 25.2 Å². The minimum Gasteiger partial charge on any atom is -0.384 e. The Labute approximate surface area is 246 Å². The highest BCUT2D eigenvalue weighted by molar-refractivity contribution is 7.92. The molecule has 0 bridgehead atoms. The molecule has 4 N–H and O–H groups in total. The number of benzene rings is 1. The lowest BCUT2D eigenvalue weighted by Gasteiger charge is -2.31. The van der Waals surface area contributed by atoms with Gasteiger partial charge < -0.3 is 21.1 Å². The zero-order chi connectivity index (χ0) is 30.8. The third-order valence-electron chi connectivity index (χ3n) is 8.40. The molecule has 4 rings (SSSR count). The number of carbonyl (C=O) groups excluding carboxylic acids is 3. The first-order chi connectivity index (χ1) is 19.7. The zero-order valence-corrected chi connectivity index (χ0v) is 25.5. The first-order valence-corrected chi connectivity index (χ1v) is 16.1. The maximum atomic E-state index is 14.1. The lowest BCUT2D eigenvalue weighted by atomic mass is 9.84. The molecule has 2 aromatic rings. The van der Waals surface area contributed by atoms with E-state index >= 15 is 0 Å². The summed E-state index contributed by atoms with van der Waals surface area (Å²) in [5.74, 6) is -1.36. The predicted molar refractivity (Wildman–Crippen MR) is 155 cm³/mol. The van der Waals surface area contributed by atoms with Crippen molar-refractivity contribution < 1.29 is 27.9 Å². The van der Waals surface area contributed by atoms with Gasteiger partial charge in [0.05, 0.1) is 28.1 Å². The summed E-state index contributed by atoms with van der Waals surface area (Å²) in [4.78, 5) is 41.5. The minimum absolute atomic E-state index is 0.109. The number of nitrogens with one attached hydrogen (secondary N) is 1. The van der Waals surface area contributed by atoms with Gasteiger partial charge in [0.25, 0.3) is 5.91 Å². The van der Waals surface area contributed by atoms with Gasteiger partial charge in [0.15, 0.2) is 9.84 Å². The number of aromatic nitrogens is 3. The quantitative estimate of drug-likeness (QED) is 0.370. The molecule has 230 valence electrons. The normalized spacial score (nSPS) is 21.0. The third kappa shape index (κ3) is 6.83. The Bertz CT molecular complexity index is 1390. The number of rotatable bonds is 10. The van der Waals surface area contributed by atoms with Crippen LogP contribution in [-0.2, 0) is 25.0 Å². The van der Waals surface area contributed by atoms with Gasteiger partial charge in [-0.2, -0.15) is 0 Å².